The summed E-state index contributed by atoms with van der Waals surface area (Å²) in [6, 6.07) is 9.95. The molecule has 1 rings (SSSR count). The lowest BCUT2D eigenvalue weighted by Crippen LogP contribution is -2.17. The molecule has 1 aromatic rings. The molecule has 3 heteroatoms. The highest BCUT2D eigenvalue weighted by Gasteiger charge is 2.01. The van der Waals surface area contributed by atoms with Gasteiger partial charge < -0.3 is 10.1 Å². The van der Waals surface area contributed by atoms with Crippen LogP contribution in [0.15, 0.2) is 24.3 Å². The summed E-state index contributed by atoms with van der Waals surface area (Å²) in [4.78, 5) is 0. The van der Waals surface area contributed by atoms with Crippen molar-refractivity contribution < 1.29 is 4.74 Å². The molecule has 0 saturated heterocycles. The summed E-state index contributed by atoms with van der Waals surface area (Å²) in [5, 5.41) is 12.1. The molecule has 1 unspecified atom stereocenters. The van der Waals surface area contributed by atoms with Gasteiger partial charge in [-0.15, -0.1) is 0 Å². The molecular weight excluding hydrogens is 188 g/mol. The van der Waals surface area contributed by atoms with Crippen molar-refractivity contribution >= 4 is 5.69 Å². The third-order valence-corrected chi connectivity index (χ3v) is 2.16. The van der Waals surface area contributed by atoms with E-state index in [0.717, 1.165) is 18.7 Å². The zero-order chi connectivity index (χ0) is 11.1. The summed E-state index contributed by atoms with van der Waals surface area (Å²) in [7, 11) is 1.70. The van der Waals surface area contributed by atoms with Crippen LogP contribution in [0.25, 0.3) is 0 Å². The molecule has 0 amide bonds. The molecule has 1 N–H and O–H groups in total. The van der Waals surface area contributed by atoms with E-state index in [4.69, 9.17) is 10.00 Å². The number of nitrogens with zero attached hydrogens (tertiary/aromatic N) is 1. The van der Waals surface area contributed by atoms with Gasteiger partial charge in [0.15, 0.2) is 0 Å². The third-order valence-electron chi connectivity index (χ3n) is 2.16. The average molecular weight is 204 g/mol. The molecule has 0 aliphatic heterocycles. The number of nitriles is 1. The molecule has 0 saturated carbocycles. The van der Waals surface area contributed by atoms with Crippen LogP contribution < -0.4 is 5.32 Å². The standard InChI is InChI=1S/C12H16N2O/c1-10(6-7-15-2)14-12-5-3-4-11(8-12)9-13/h3-5,8,10,14H,6-7H2,1-2H3. The second-order valence-electron chi connectivity index (χ2n) is 3.52. The van der Waals surface area contributed by atoms with Crippen molar-refractivity contribution in [3.63, 3.8) is 0 Å². The Morgan fingerprint density at radius 2 is 2.33 bits per heavy atom. The minimum absolute atomic E-state index is 0.346. The molecule has 1 aromatic carbocycles. The number of ether oxygens (including phenoxy) is 1. The van der Waals surface area contributed by atoms with Gasteiger partial charge >= 0.3 is 0 Å². The van der Waals surface area contributed by atoms with Gasteiger partial charge in [0.05, 0.1) is 11.6 Å². The maximum Gasteiger partial charge on any atom is 0.0992 e. The van der Waals surface area contributed by atoms with Gasteiger partial charge in [-0.25, -0.2) is 0 Å². The fraction of sp³-hybridized carbons (Fsp3) is 0.417. The minimum atomic E-state index is 0.346. The first-order valence-electron chi connectivity index (χ1n) is 5.02. The van der Waals surface area contributed by atoms with E-state index in [2.05, 4.69) is 18.3 Å². The van der Waals surface area contributed by atoms with Crippen molar-refractivity contribution in [2.24, 2.45) is 0 Å². The lowest BCUT2D eigenvalue weighted by atomic mass is 10.2. The molecule has 0 aliphatic rings. The van der Waals surface area contributed by atoms with Crippen molar-refractivity contribution in [2.75, 3.05) is 19.0 Å². The second kappa shape index (κ2) is 6.05. The first kappa shape index (κ1) is 11.5. The van der Waals surface area contributed by atoms with Crippen molar-refractivity contribution in [3.05, 3.63) is 29.8 Å². The van der Waals surface area contributed by atoms with E-state index in [0.29, 0.717) is 11.6 Å². The number of rotatable bonds is 5. The molecule has 0 bridgehead atoms. The van der Waals surface area contributed by atoms with Crippen molar-refractivity contribution in [1.82, 2.24) is 0 Å². The van der Waals surface area contributed by atoms with E-state index in [9.17, 15) is 0 Å². The Morgan fingerprint density at radius 1 is 1.53 bits per heavy atom. The highest BCUT2D eigenvalue weighted by atomic mass is 16.5. The maximum atomic E-state index is 8.74. The van der Waals surface area contributed by atoms with Gasteiger partial charge in [0, 0.05) is 25.4 Å². The minimum Gasteiger partial charge on any atom is -0.385 e. The number of hydrogen-bond acceptors (Lipinski definition) is 3. The lowest BCUT2D eigenvalue weighted by Gasteiger charge is -2.14. The Hall–Kier alpha value is -1.53. The van der Waals surface area contributed by atoms with Crippen LogP contribution >= 0.6 is 0 Å². The second-order valence-corrected chi connectivity index (χ2v) is 3.52. The Bertz CT molecular complexity index is 344. The molecule has 0 spiro atoms. The molecule has 0 heterocycles. The van der Waals surface area contributed by atoms with Gasteiger partial charge in [-0.1, -0.05) is 6.07 Å². The Morgan fingerprint density at radius 3 is 3.00 bits per heavy atom. The largest absolute Gasteiger partial charge is 0.385 e. The Labute approximate surface area is 90.7 Å². The Balaban J connectivity index is 2.53. The first-order valence-corrected chi connectivity index (χ1v) is 5.02. The molecule has 0 aliphatic carbocycles. The number of benzene rings is 1. The van der Waals surface area contributed by atoms with Crippen LogP contribution in [-0.2, 0) is 4.74 Å². The number of nitrogens with one attached hydrogen (secondary N) is 1. The number of methoxy groups -OCH3 is 1. The maximum absolute atomic E-state index is 8.74. The molecule has 0 aromatic heterocycles. The van der Waals surface area contributed by atoms with Crippen molar-refractivity contribution in [3.8, 4) is 6.07 Å². The van der Waals surface area contributed by atoms with Gasteiger partial charge in [-0.05, 0) is 31.5 Å². The zero-order valence-electron chi connectivity index (χ0n) is 9.16. The quantitative estimate of drug-likeness (QED) is 0.801. The summed E-state index contributed by atoms with van der Waals surface area (Å²) in [6.07, 6.45) is 0.952. The van der Waals surface area contributed by atoms with Crippen LogP contribution in [-0.4, -0.2) is 19.8 Å². The summed E-state index contributed by atoms with van der Waals surface area (Å²) >= 11 is 0. The molecule has 80 valence electrons. The number of hydrogen-bond donors (Lipinski definition) is 1. The summed E-state index contributed by atoms with van der Waals surface area (Å²) in [5.74, 6) is 0. The SMILES string of the molecule is COCCC(C)Nc1cccc(C#N)c1. The van der Waals surface area contributed by atoms with E-state index in [1.807, 2.05) is 18.2 Å². The first-order chi connectivity index (χ1) is 7.26. The van der Waals surface area contributed by atoms with Gasteiger partial charge in [-0.3, -0.25) is 0 Å². The highest BCUT2D eigenvalue weighted by Crippen LogP contribution is 2.11. The summed E-state index contributed by atoms with van der Waals surface area (Å²) in [6.45, 7) is 2.84. The van der Waals surface area contributed by atoms with Crippen molar-refractivity contribution in [1.29, 1.82) is 5.26 Å². The predicted molar refractivity (Wildman–Crippen MR) is 60.7 cm³/mol. The highest BCUT2D eigenvalue weighted by molar-refractivity contribution is 5.49. The van der Waals surface area contributed by atoms with Crippen LogP contribution in [0.1, 0.15) is 18.9 Å². The van der Waals surface area contributed by atoms with E-state index in [1.54, 1.807) is 13.2 Å². The normalized spacial score (nSPS) is 11.8. The molecular formula is C12H16N2O. The average Bonchev–Trinajstić information content (AvgIpc) is 2.26. The molecule has 15 heavy (non-hydrogen) atoms. The number of anilines is 1. The molecule has 0 radical (unpaired) electrons. The monoisotopic (exact) mass is 204 g/mol. The van der Waals surface area contributed by atoms with Crippen molar-refractivity contribution in [2.45, 2.75) is 19.4 Å². The zero-order valence-corrected chi connectivity index (χ0v) is 9.16. The molecule has 3 nitrogen and oxygen atoms in total. The van der Waals surface area contributed by atoms with Gasteiger partial charge in [0.25, 0.3) is 0 Å². The van der Waals surface area contributed by atoms with E-state index in [-0.39, 0.29) is 0 Å². The van der Waals surface area contributed by atoms with Gasteiger partial charge in [-0.2, -0.15) is 5.26 Å². The van der Waals surface area contributed by atoms with E-state index < -0.39 is 0 Å². The summed E-state index contributed by atoms with van der Waals surface area (Å²) in [5.41, 5.74) is 1.66. The third kappa shape index (κ3) is 4.01. The Kier molecular flexibility index (Phi) is 4.65. The molecule has 1 atom stereocenters. The predicted octanol–water partition coefficient (Wildman–Crippen LogP) is 2.40. The molecule has 0 fully saturated rings. The van der Waals surface area contributed by atoms with Crippen LogP contribution in [0.2, 0.25) is 0 Å². The van der Waals surface area contributed by atoms with Crippen LogP contribution in [0.4, 0.5) is 5.69 Å². The smallest absolute Gasteiger partial charge is 0.0992 e. The topological polar surface area (TPSA) is 45.0 Å². The van der Waals surface area contributed by atoms with Crippen LogP contribution in [0, 0.1) is 11.3 Å². The van der Waals surface area contributed by atoms with Gasteiger partial charge in [0.1, 0.15) is 0 Å². The fourth-order valence-electron chi connectivity index (χ4n) is 1.33. The lowest BCUT2D eigenvalue weighted by molar-refractivity contribution is 0.191. The van der Waals surface area contributed by atoms with E-state index in [1.165, 1.54) is 0 Å². The van der Waals surface area contributed by atoms with Crippen LogP contribution in [0.5, 0.6) is 0 Å². The van der Waals surface area contributed by atoms with Crippen LogP contribution in [0.3, 0.4) is 0 Å². The summed E-state index contributed by atoms with van der Waals surface area (Å²) < 4.78 is 5.00. The fourth-order valence-corrected chi connectivity index (χ4v) is 1.33. The van der Waals surface area contributed by atoms with E-state index >= 15 is 0 Å². The van der Waals surface area contributed by atoms with Gasteiger partial charge in [0.2, 0.25) is 0 Å².